The van der Waals surface area contributed by atoms with Crippen LogP contribution in [0.1, 0.15) is 11.1 Å². The van der Waals surface area contributed by atoms with Crippen LogP contribution in [0, 0.1) is 0 Å². The molecule has 0 aliphatic heterocycles. The van der Waals surface area contributed by atoms with E-state index < -0.39 is 0 Å². The van der Waals surface area contributed by atoms with Crippen molar-refractivity contribution in [1.82, 2.24) is 0 Å². The maximum absolute atomic E-state index is 5.96. The summed E-state index contributed by atoms with van der Waals surface area (Å²) in [6, 6.07) is 16.6. The summed E-state index contributed by atoms with van der Waals surface area (Å²) in [5.74, 6) is 0. The summed E-state index contributed by atoms with van der Waals surface area (Å²) in [7, 11) is 4.10. The first kappa shape index (κ1) is 11.5. The molecule has 0 heterocycles. The zero-order valence-electron chi connectivity index (χ0n) is 10.4. The van der Waals surface area contributed by atoms with Crippen molar-refractivity contribution in [3.05, 3.63) is 59.7 Å². The van der Waals surface area contributed by atoms with Gasteiger partial charge in [-0.15, -0.1) is 0 Å². The van der Waals surface area contributed by atoms with Crippen LogP contribution in [0.4, 0.5) is 11.4 Å². The van der Waals surface area contributed by atoms with Gasteiger partial charge in [0, 0.05) is 25.5 Å². The summed E-state index contributed by atoms with van der Waals surface area (Å²) in [5, 5.41) is 0. The van der Waals surface area contributed by atoms with Crippen LogP contribution in [0.2, 0.25) is 0 Å². The van der Waals surface area contributed by atoms with Gasteiger partial charge < -0.3 is 10.6 Å². The molecule has 0 amide bonds. The smallest absolute Gasteiger partial charge is 0.0363 e. The van der Waals surface area contributed by atoms with Crippen molar-refractivity contribution in [3.8, 4) is 0 Å². The highest BCUT2D eigenvalue weighted by Gasteiger charge is 2.01. The van der Waals surface area contributed by atoms with E-state index in [0.717, 1.165) is 12.1 Å². The van der Waals surface area contributed by atoms with Crippen molar-refractivity contribution in [1.29, 1.82) is 0 Å². The molecule has 0 spiro atoms. The Labute approximate surface area is 103 Å². The van der Waals surface area contributed by atoms with Gasteiger partial charge in [-0.3, -0.25) is 0 Å². The molecular formula is C15H18N2. The van der Waals surface area contributed by atoms with Crippen LogP contribution < -0.4 is 10.6 Å². The molecule has 2 aromatic rings. The van der Waals surface area contributed by atoms with E-state index in [4.69, 9.17) is 5.73 Å². The van der Waals surface area contributed by atoms with E-state index >= 15 is 0 Å². The molecule has 0 fully saturated rings. The van der Waals surface area contributed by atoms with Gasteiger partial charge in [0.15, 0.2) is 0 Å². The lowest BCUT2D eigenvalue weighted by Crippen LogP contribution is -2.08. The summed E-state index contributed by atoms with van der Waals surface area (Å²) >= 11 is 0. The molecule has 17 heavy (non-hydrogen) atoms. The molecule has 0 atom stereocenters. The quantitative estimate of drug-likeness (QED) is 0.815. The molecule has 2 rings (SSSR count). The molecule has 0 saturated heterocycles. The number of hydrogen-bond acceptors (Lipinski definition) is 2. The zero-order chi connectivity index (χ0) is 12.3. The number of nitrogen functional groups attached to an aromatic ring is 1. The highest BCUT2D eigenvalue weighted by molar-refractivity contribution is 5.52. The summed E-state index contributed by atoms with van der Waals surface area (Å²) in [5.41, 5.74) is 10.5. The van der Waals surface area contributed by atoms with E-state index in [1.54, 1.807) is 0 Å². The molecular weight excluding hydrogens is 208 g/mol. The molecule has 0 aliphatic rings. The number of nitrogens with zero attached hydrogens (tertiary/aromatic N) is 1. The second-order valence-electron chi connectivity index (χ2n) is 4.44. The fraction of sp³-hybridized carbons (Fsp3) is 0.200. The van der Waals surface area contributed by atoms with E-state index in [1.165, 1.54) is 16.8 Å². The predicted molar refractivity (Wildman–Crippen MR) is 74.4 cm³/mol. The van der Waals surface area contributed by atoms with E-state index in [2.05, 4.69) is 49.3 Å². The Morgan fingerprint density at radius 1 is 1.00 bits per heavy atom. The third-order valence-corrected chi connectivity index (χ3v) is 2.88. The largest absolute Gasteiger partial charge is 0.398 e. The van der Waals surface area contributed by atoms with Crippen molar-refractivity contribution in [2.75, 3.05) is 24.7 Å². The molecule has 0 radical (unpaired) electrons. The molecule has 0 bridgehead atoms. The van der Waals surface area contributed by atoms with Crippen LogP contribution >= 0.6 is 0 Å². The minimum atomic E-state index is 0.864. The van der Waals surface area contributed by atoms with Crippen LogP contribution in [-0.4, -0.2) is 14.1 Å². The number of nitrogens with two attached hydrogens (primary N) is 1. The van der Waals surface area contributed by atoms with Crippen LogP contribution in [0.15, 0.2) is 48.5 Å². The Hall–Kier alpha value is -1.96. The highest BCUT2D eigenvalue weighted by atomic mass is 15.1. The molecule has 0 aliphatic carbocycles. The Bertz CT molecular complexity index is 504. The molecule has 2 heteroatoms. The normalized spacial score (nSPS) is 10.2. The molecule has 88 valence electrons. The molecule has 0 aromatic heterocycles. The van der Waals surface area contributed by atoms with Gasteiger partial charge in [0.05, 0.1) is 0 Å². The Kier molecular flexibility index (Phi) is 3.33. The van der Waals surface area contributed by atoms with Crippen molar-refractivity contribution < 1.29 is 0 Å². The average Bonchev–Trinajstić information content (AvgIpc) is 2.32. The van der Waals surface area contributed by atoms with E-state index in [0.29, 0.717) is 0 Å². The number of benzene rings is 2. The average molecular weight is 226 g/mol. The number of hydrogen-bond donors (Lipinski definition) is 1. The zero-order valence-corrected chi connectivity index (χ0v) is 10.4. The van der Waals surface area contributed by atoms with Gasteiger partial charge in [-0.05, 0) is 35.7 Å². The second-order valence-corrected chi connectivity index (χ2v) is 4.44. The first-order chi connectivity index (χ1) is 8.16. The predicted octanol–water partition coefficient (Wildman–Crippen LogP) is 2.93. The van der Waals surface area contributed by atoms with Crippen LogP contribution in [-0.2, 0) is 6.42 Å². The van der Waals surface area contributed by atoms with Gasteiger partial charge in [0.25, 0.3) is 0 Å². The summed E-state index contributed by atoms with van der Waals surface area (Å²) in [4.78, 5) is 2.11. The molecule has 2 aromatic carbocycles. The van der Waals surface area contributed by atoms with Gasteiger partial charge >= 0.3 is 0 Å². The molecule has 0 saturated carbocycles. The maximum Gasteiger partial charge on any atom is 0.0363 e. The fourth-order valence-electron chi connectivity index (χ4n) is 1.86. The first-order valence-corrected chi connectivity index (χ1v) is 5.76. The first-order valence-electron chi connectivity index (χ1n) is 5.76. The monoisotopic (exact) mass is 226 g/mol. The summed E-state index contributed by atoms with van der Waals surface area (Å²) in [6.45, 7) is 0. The van der Waals surface area contributed by atoms with Crippen molar-refractivity contribution in [2.45, 2.75) is 6.42 Å². The maximum atomic E-state index is 5.96. The Morgan fingerprint density at radius 2 is 1.76 bits per heavy atom. The van der Waals surface area contributed by atoms with E-state index in [-0.39, 0.29) is 0 Å². The van der Waals surface area contributed by atoms with Gasteiger partial charge in [-0.1, -0.05) is 30.3 Å². The van der Waals surface area contributed by atoms with Crippen LogP contribution in [0.5, 0.6) is 0 Å². The number of rotatable bonds is 3. The third kappa shape index (κ3) is 2.78. The van der Waals surface area contributed by atoms with Gasteiger partial charge in [-0.25, -0.2) is 0 Å². The lowest BCUT2D eigenvalue weighted by molar-refractivity contribution is 1.11. The van der Waals surface area contributed by atoms with Crippen LogP contribution in [0.25, 0.3) is 0 Å². The lowest BCUT2D eigenvalue weighted by atomic mass is 10.0. The molecule has 2 N–H and O–H groups in total. The topological polar surface area (TPSA) is 29.3 Å². The highest BCUT2D eigenvalue weighted by Crippen LogP contribution is 2.19. The standard InChI is InChI=1S/C15H18N2/c1-17(2)14-8-5-6-12(11-14)10-13-7-3-4-9-15(13)16/h3-9,11H,10,16H2,1-2H3. The van der Waals surface area contributed by atoms with Gasteiger partial charge in [-0.2, -0.15) is 0 Å². The second kappa shape index (κ2) is 4.91. The SMILES string of the molecule is CN(C)c1cccc(Cc2ccccc2N)c1. The number of anilines is 2. The lowest BCUT2D eigenvalue weighted by Gasteiger charge is -2.14. The summed E-state index contributed by atoms with van der Waals surface area (Å²) < 4.78 is 0. The fourth-order valence-corrected chi connectivity index (χ4v) is 1.86. The van der Waals surface area contributed by atoms with E-state index in [9.17, 15) is 0 Å². The van der Waals surface area contributed by atoms with Gasteiger partial charge in [0.2, 0.25) is 0 Å². The number of para-hydroxylation sites is 1. The summed E-state index contributed by atoms with van der Waals surface area (Å²) in [6.07, 6.45) is 0.883. The molecule has 2 nitrogen and oxygen atoms in total. The molecule has 0 unspecified atom stereocenters. The minimum Gasteiger partial charge on any atom is -0.398 e. The van der Waals surface area contributed by atoms with E-state index in [1.807, 2.05) is 18.2 Å². The van der Waals surface area contributed by atoms with Gasteiger partial charge in [0.1, 0.15) is 0 Å². The van der Waals surface area contributed by atoms with Crippen molar-refractivity contribution >= 4 is 11.4 Å². The Balaban J connectivity index is 2.25. The Morgan fingerprint density at radius 3 is 2.47 bits per heavy atom. The third-order valence-electron chi connectivity index (χ3n) is 2.88. The van der Waals surface area contributed by atoms with Crippen molar-refractivity contribution in [2.24, 2.45) is 0 Å². The minimum absolute atomic E-state index is 0.864. The van der Waals surface area contributed by atoms with Crippen molar-refractivity contribution in [3.63, 3.8) is 0 Å². The van der Waals surface area contributed by atoms with Crippen LogP contribution in [0.3, 0.4) is 0 Å².